The maximum Gasteiger partial charge on any atom is 0.326 e. The Morgan fingerprint density at radius 2 is 1.88 bits per heavy atom. The van der Waals surface area contributed by atoms with Crippen LogP contribution in [0.4, 0.5) is 0 Å². The van der Waals surface area contributed by atoms with Crippen molar-refractivity contribution in [2.24, 2.45) is 11.8 Å². The zero-order valence-electron chi connectivity index (χ0n) is 9.73. The van der Waals surface area contributed by atoms with Gasteiger partial charge in [-0.1, -0.05) is 13.8 Å². The van der Waals surface area contributed by atoms with Crippen LogP contribution in [-0.2, 0) is 14.3 Å². The quantitative estimate of drug-likeness (QED) is 0.741. The van der Waals surface area contributed by atoms with Gasteiger partial charge in [0.15, 0.2) is 0 Å². The smallest absolute Gasteiger partial charge is 0.326 e. The number of carbonyl (C=O) groups excluding carboxylic acids is 1. The molecular weight excluding hydrogens is 210 g/mol. The van der Waals surface area contributed by atoms with Crippen LogP contribution in [0, 0.1) is 11.8 Å². The molecule has 1 atom stereocenters. The molecule has 16 heavy (non-hydrogen) atoms. The molecule has 0 aromatic carbocycles. The summed E-state index contributed by atoms with van der Waals surface area (Å²) < 4.78 is 5.15. The molecule has 0 aromatic rings. The second-order valence-electron chi connectivity index (χ2n) is 4.46. The van der Waals surface area contributed by atoms with E-state index in [9.17, 15) is 9.59 Å². The van der Waals surface area contributed by atoms with E-state index in [1.165, 1.54) is 0 Å². The molecule has 1 heterocycles. The van der Waals surface area contributed by atoms with Crippen molar-refractivity contribution in [1.29, 1.82) is 0 Å². The lowest BCUT2D eigenvalue weighted by molar-refractivity contribution is -0.144. The maximum absolute atomic E-state index is 11.8. The lowest BCUT2D eigenvalue weighted by Gasteiger charge is -2.24. The number of rotatable bonds is 4. The van der Waals surface area contributed by atoms with Gasteiger partial charge in [-0.2, -0.15) is 0 Å². The second-order valence-corrected chi connectivity index (χ2v) is 4.46. The Labute approximate surface area is 95.2 Å². The molecule has 1 fully saturated rings. The summed E-state index contributed by atoms with van der Waals surface area (Å²) in [6.07, 6.45) is 1.35. The van der Waals surface area contributed by atoms with Crippen LogP contribution in [-0.4, -0.2) is 36.2 Å². The molecule has 2 N–H and O–H groups in total. The highest BCUT2D eigenvalue weighted by Crippen LogP contribution is 2.15. The van der Waals surface area contributed by atoms with Crippen molar-refractivity contribution in [2.45, 2.75) is 32.7 Å². The predicted octanol–water partition coefficient (Wildman–Crippen LogP) is 0.638. The minimum absolute atomic E-state index is 0.102. The summed E-state index contributed by atoms with van der Waals surface area (Å²) in [5.41, 5.74) is 0. The minimum Gasteiger partial charge on any atom is -0.480 e. The van der Waals surface area contributed by atoms with Gasteiger partial charge in [0.05, 0.1) is 0 Å². The van der Waals surface area contributed by atoms with Gasteiger partial charge in [-0.15, -0.1) is 0 Å². The van der Waals surface area contributed by atoms with Gasteiger partial charge in [-0.05, 0) is 18.8 Å². The molecule has 1 aliphatic heterocycles. The van der Waals surface area contributed by atoms with Crippen LogP contribution < -0.4 is 5.32 Å². The van der Waals surface area contributed by atoms with Crippen LogP contribution in [0.2, 0.25) is 0 Å². The van der Waals surface area contributed by atoms with Crippen LogP contribution in [0.5, 0.6) is 0 Å². The number of carboxylic acid groups (broad SMARTS) is 1. The molecule has 5 nitrogen and oxygen atoms in total. The van der Waals surface area contributed by atoms with Crippen LogP contribution in [0.25, 0.3) is 0 Å². The van der Waals surface area contributed by atoms with Crippen LogP contribution >= 0.6 is 0 Å². The first-order chi connectivity index (χ1) is 7.52. The van der Waals surface area contributed by atoms with Crippen molar-refractivity contribution in [3.05, 3.63) is 0 Å². The highest BCUT2D eigenvalue weighted by molar-refractivity contribution is 5.85. The first-order valence-electron chi connectivity index (χ1n) is 5.63. The molecule has 1 amide bonds. The van der Waals surface area contributed by atoms with E-state index >= 15 is 0 Å². The van der Waals surface area contributed by atoms with Gasteiger partial charge in [0.25, 0.3) is 0 Å². The zero-order chi connectivity index (χ0) is 12.1. The SMILES string of the molecule is CC(C)[C@@H](NC(=O)C1CCOCC1)C(=O)O. The summed E-state index contributed by atoms with van der Waals surface area (Å²) in [4.78, 5) is 22.7. The number of aliphatic carboxylic acids is 1. The van der Waals surface area contributed by atoms with Gasteiger partial charge in [0.1, 0.15) is 6.04 Å². The average molecular weight is 229 g/mol. The number of amides is 1. The zero-order valence-corrected chi connectivity index (χ0v) is 9.73. The van der Waals surface area contributed by atoms with Crippen LogP contribution in [0.3, 0.4) is 0 Å². The highest BCUT2D eigenvalue weighted by atomic mass is 16.5. The average Bonchev–Trinajstić information content (AvgIpc) is 2.25. The number of ether oxygens (including phenoxy) is 1. The summed E-state index contributed by atoms with van der Waals surface area (Å²) in [5, 5.41) is 11.5. The number of carboxylic acids is 1. The number of nitrogens with one attached hydrogen (secondary N) is 1. The Morgan fingerprint density at radius 1 is 1.31 bits per heavy atom. The Hall–Kier alpha value is -1.10. The molecule has 0 radical (unpaired) electrons. The van der Waals surface area contributed by atoms with E-state index in [1.807, 2.05) is 0 Å². The van der Waals surface area contributed by atoms with Crippen molar-refractivity contribution in [3.8, 4) is 0 Å². The van der Waals surface area contributed by atoms with E-state index in [2.05, 4.69) is 5.32 Å². The van der Waals surface area contributed by atoms with Gasteiger partial charge >= 0.3 is 5.97 Å². The molecule has 0 bridgehead atoms. The molecule has 5 heteroatoms. The summed E-state index contributed by atoms with van der Waals surface area (Å²) in [5.74, 6) is -1.35. The van der Waals surface area contributed by atoms with Crippen molar-refractivity contribution in [2.75, 3.05) is 13.2 Å². The van der Waals surface area contributed by atoms with E-state index < -0.39 is 12.0 Å². The normalized spacial score (nSPS) is 19.4. The first-order valence-corrected chi connectivity index (χ1v) is 5.63. The molecular formula is C11H19NO4. The molecule has 0 saturated carbocycles. The third-order valence-corrected chi connectivity index (χ3v) is 2.82. The van der Waals surface area contributed by atoms with Crippen molar-refractivity contribution in [1.82, 2.24) is 5.32 Å². The van der Waals surface area contributed by atoms with E-state index in [1.54, 1.807) is 13.8 Å². The summed E-state index contributed by atoms with van der Waals surface area (Å²) in [6.45, 7) is 4.72. The van der Waals surface area contributed by atoms with Crippen LogP contribution in [0.1, 0.15) is 26.7 Å². The van der Waals surface area contributed by atoms with E-state index in [0.29, 0.717) is 26.1 Å². The number of carbonyl (C=O) groups is 2. The largest absolute Gasteiger partial charge is 0.480 e. The molecule has 0 spiro atoms. The van der Waals surface area contributed by atoms with Crippen molar-refractivity contribution < 1.29 is 19.4 Å². The van der Waals surface area contributed by atoms with Gasteiger partial charge in [-0.3, -0.25) is 4.79 Å². The Balaban J connectivity index is 2.50. The fourth-order valence-electron chi connectivity index (χ4n) is 1.74. The third kappa shape index (κ3) is 3.48. The fourth-order valence-corrected chi connectivity index (χ4v) is 1.74. The molecule has 1 aliphatic rings. The molecule has 1 saturated heterocycles. The third-order valence-electron chi connectivity index (χ3n) is 2.82. The van der Waals surface area contributed by atoms with Gasteiger partial charge < -0.3 is 15.2 Å². The molecule has 1 rings (SSSR count). The summed E-state index contributed by atoms with van der Waals surface area (Å²) >= 11 is 0. The Bertz CT molecular complexity index is 259. The van der Waals surface area contributed by atoms with Crippen molar-refractivity contribution >= 4 is 11.9 Å². The standard InChI is InChI=1S/C11H19NO4/c1-7(2)9(11(14)15)12-10(13)8-3-5-16-6-4-8/h7-9H,3-6H2,1-2H3,(H,12,13)(H,14,15)/t9-/m1/s1. The lowest BCUT2D eigenvalue weighted by Crippen LogP contribution is -2.47. The molecule has 92 valence electrons. The number of hydrogen-bond donors (Lipinski definition) is 2. The fraction of sp³-hybridized carbons (Fsp3) is 0.818. The van der Waals surface area contributed by atoms with E-state index in [4.69, 9.17) is 9.84 Å². The minimum atomic E-state index is -0.976. The van der Waals surface area contributed by atoms with E-state index in [-0.39, 0.29) is 17.7 Å². The van der Waals surface area contributed by atoms with Crippen LogP contribution in [0.15, 0.2) is 0 Å². The number of hydrogen-bond acceptors (Lipinski definition) is 3. The molecule has 0 unspecified atom stereocenters. The Kier molecular flexibility index (Phi) is 4.73. The highest BCUT2D eigenvalue weighted by Gasteiger charge is 2.28. The van der Waals surface area contributed by atoms with Gasteiger partial charge in [-0.25, -0.2) is 4.79 Å². The van der Waals surface area contributed by atoms with Gasteiger partial charge in [0, 0.05) is 19.1 Å². The van der Waals surface area contributed by atoms with Crippen molar-refractivity contribution in [3.63, 3.8) is 0 Å². The topological polar surface area (TPSA) is 75.6 Å². The Morgan fingerprint density at radius 3 is 2.31 bits per heavy atom. The molecule has 0 aromatic heterocycles. The summed E-state index contributed by atoms with van der Waals surface area (Å²) in [6, 6.07) is -0.796. The van der Waals surface area contributed by atoms with E-state index in [0.717, 1.165) is 0 Å². The summed E-state index contributed by atoms with van der Waals surface area (Å²) in [7, 11) is 0. The monoisotopic (exact) mass is 229 g/mol. The second kappa shape index (κ2) is 5.84. The lowest BCUT2D eigenvalue weighted by atomic mass is 9.97. The molecule has 0 aliphatic carbocycles. The first kappa shape index (κ1) is 13.0. The van der Waals surface area contributed by atoms with Gasteiger partial charge in [0.2, 0.25) is 5.91 Å². The maximum atomic E-state index is 11.8. The predicted molar refractivity (Wildman–Crippen MR) is 57.9 cm³/mol.